The normalized spacial score (nSPS) is 13.5. The molecule has 0 unspecified atom stereocenters. The van der Waals surface area contributed by atoms with Crippen molar-refractivity contribution < 1.29 is 4.42 Å². The van der Waals surface area contributed by atoms with Crippen LogP contribution in [0, 0.1) is 0 Å². The van der Waals surface area contributed by atoms with E-state index in [0.29, 0.717) is 0 Å². The molecule has 0 amide bonds. The lowest BCUT2D eigenvalue weighted by Gasteiger charge is -2.08. The zero-order valence-corrected chi connectivity index (χ0v) is 16.4. The van der Waals surface area contributed by atoms with Gasteiger partial charge in [-0.2, -0.15) is 0 Å². The van der Waals surface area contributed by atoms with E-state index in [-0.39, 0.29) is 0 Å². The van der Waals surface area contributed by atoms with Crippen LogP contribution < -0.4 is 5.32 Å². The Bertz CT molecular complexity index is 1420. The van der Waals surface area contributed by atoms with E-state index in [1.165, 1.54) is 21.9 Å². The van der Waals surface area contributed by atoms with Gasteiger partial charge in [0, 0.05) is 23.1 Å². The number of amidine groups is 1. The van der Waals surface area contributed by atoms with E-state index in [4.69, 9.17) is 4.42 Å². The van der Waals surface area contributed by atoms with E-state index in [2.05, 4.69) is 83.1 Å². The number of nitrogens with one attached hydrogen (secondary N) is 1. The first-order chi connectivity index (χ1) is 14.9. The summed E-state index contributed by atoms with van der Waals surface area (Å²) in [6.07, 6.45) is 0. The molecule has 6 rings (SSSR count). The first-order valence-corrected chi connectivity index (χ1v) is 10.3. The monoisotopic (exact) mass is 388 g/mol. The fourth-order valence-electron chi connectivity index (χ4n) is 4.37. The molecule has 0 saturated heterocycles. The molecule has 4 aromatic carbocycles. The van der Waals surface area contributed by atoms with Gasteiger partial charge in [-0.1, -0.05) is 78.9 Å². The average Bonchev–Trinajstić information content (AvgIpc) is 3.48. The molecule has 0 bridgehead atoms. The molecular formula is C27H20N2O. The SMILES string of the molecule is c1ccc(-c2cc3c(-c4cccc5ccccc45)cccc3o2)c(C2=NCCN2)c1. The smallest absolute Gasteiger partial charge is 0.136 e. The van der Waals surface area contributed by atoms with Crippen molar-refractivity contribution in [2.45, 2.75) is 0 Å². The third kappa shape index (κ3) is 2.71. The van der Waals surface area contributed by atoms with Gasteiger partial charge in [0.25, 0.3) is 0 Å². The third-order valence-corrected chi connectivity index (χ3v) is 5.76. The van der Waals surface area contributed by atoms with Gasteiger partial charge in [0.15, 0.2) is 0 Å². The summed E-state index contributed by atoms with van der Waals surface area (Å²) in [5.74, 6) is 1.81. The minimum atomic E-state index is 0.815. The number of furan rings is 1. The number of fused-ring (bicyclic) bond motifs is 2. The van der Waals surface area contributed by atoms with Crippen molar-refractivity contribution in [3.8, 4) is 22.5 Å². The van der Waals surface area contributed by atoms with E-state index >= 15 is 0 Å². The van der Waals surface area contributed by atoms with Crippen molar-refractivity contribution in [2.75, 3.05) is 13.1 Å². The summed E-state index contributed by atoms with van der Waals surface area (Å²) in [5.41, 5.74) is 5.45. The van der Waals surface area contributed by atoms with Crippen LogP contribution in [0.15, 0.2) is 100 Å². The number of hydrogen-bond acceptors (Lipinski definition) is 3. The fraction of sp³-hybridized carbons (Fsp3) is 0.0741. The number of rotatable bonds is 3. The van der Waals surface area contributed by atoms with E-state index < -0.39 is 0 Å². The lowest BCUT2D eigenvalue weighted by molar-refractivity contribution is 0.631. The van der Waals surface area contributed by atoms with E-state index in [1.54, 1.807) is 0 Å². The Balaban J connectivity index is 1.56. The molecule has 3 nitrogen and oxygen atoms in total. The Labute approximate surface area is 174 Å². The first-order valence-electron chi connectivity index (χ1n) is 10.3. The van der Waals surface area contributed by atoms with Gasteiger partial charge in [0.1, 0.15) is 17.2 Å². The molecule has 0 radical (unpaired) electrons. The van der Waals surface area contributed by atoms with Gasteiger partial charge in [-0.05, 0) is 34.0 Å². The molecule has 5 aromatic rings. The van der Waals surface area contributed by atoms with Gasteiger partial charge < -0.3 is 9.73 Å². The zero-order chi connectivity index (χ0) is 19.9. The van der Waals surface area contributed by atoms with Crippen LogP contribution in [0.2, 0.25) is 0 Å². The highest BCUT2D eigenvalue weighted by Crippen LogP contribution is 2.38. The highest BCUT2D eigenvalue weighted by molar-refractivity contribution is 6.07. The average molecular weight is 388 g/mol. The summed E-state index contributed by atoms with van der Waals surface area (Å²) < 4.78 is 6.35. The van der Waals surface area contributed by atoms with E-state index in [0.717, 1.165) is 46.8 Å². The Kier molecular flexibility index (Phi) is 3.91. The van der Waals surface area contributed by atoms with Gasteiger partial charge in [0.2, 0.25) is 0 Å². The zero-order valence-electron chi connectivity index (χ0n) is 16.4. The van der Waals surface area contributed by atoms with Crippen LogP contribution in [0.1, 0.15) is 5.56 Å². The Morgan fingerprint density at radius 3 is 2.23 bits per heavy atom. The van der Waals surface area contributed by atoms with Crippen LogP contribution in [0.3, 0.4) is 0 Å². The van der Waals surface area contributed by atoms with Gasteiger partial charge in [-0.3, -0.25) is 4.99 Å². The molecule has 2 heterocycles. The minimum Gasteiger partial charge on any atom is -0.456 e. The summed E-state index contributed by atoms with van der Waals surface area (Å²) in [5, 5.41) is 7.00. The number of nitrogens with zero attached hydrogens (tertiary/aromatic N) is 1. The predicted molar refractivity (Wildman–Crippen MR) is 124 cm³/mol. The molecule has 0 fully saturated rings. The molecule has 0 aliphatic carbocycles. The number of aliphatic imine (C=N–C) groups is 1. The number of hydrogen-bond donors (Lipinski definition) is 1. The van der Waals surface area contributed by atoms with Gasteiger partial charge >= 0.3 is 0 Å². The Morgan fingerprint density at radius 2 is 1.37 bits per heavy atom. The maximum absolute atomic E-state index is 6.35. The quantitative estimate of drug-likeness (QED) is 0.395. The molecule has 0 spiro atoms. The van der Waals surface area contributed by atoms with Crippen LogP contribution in [0.4, 0.5) is 0 Å². The van der Waals surface area contributed by atoms with Crippen LogP contribution in [-0.2, 0) is 0 Å². The van der Waals surface area contributed by atoms with Gasteiger partial charge in [-0.25, -0.2) is 0 Å². The van der Waals surface area contributed by atoms with Crippen molar-refractivity contribution in [3.63, 3.8) is 0 Å². The molecule has 144 valence electrons. The first kappa shape index (κ1) is 17.0. The molecule has 1 aromatic heterocycles. The maximum atomic E-state index is 6.35. The fourth-order valence-corrected chi connectivity index (χ4v) is 4.37. The molecule has 3 heteroatoms. The summed E-state index contributed by atoms with van der Waals surface area (Å²) in [6.45, 7) is 1.70. The van der Waals surface area contributed by atoms with Crippen molar-refractivity contribution in [2.24, 2.45) is 4.99 Å². The largest absolute Gasteiger partial charge is 0.456 e. The molecular weight excluding hydrogens is 368 g/mol. The summed E-state index contributed by atoms with van der Waals surface area (Å²) in [6, 6.07) is 31.8. The van der Waals surface area contributed by atoms with Crippen LogP contribution in [0.5, 0.6) is 0 Å². The highest BCUT2D eigenvalue weighted by atomic mass is 16.3. The van der Waals surface area contributed by atoms with Crippen molar-refractivity contribution >= 4 is 27.6 Å². The molecule has 0 saturated carbocycles. The standard InChI is InChI=1S/C27H20N2O/c1-2-9-19-18(7-1)8-5-12-20(19)21-13-6-14-25-24(21)17-26(30-25)22-10-3-4-11-23(22)27-28-15-16-29-27/h1-14,17H,15-16H2,(H,28,29). The molecule has 0 atom stereocenters. The van der Waals surface area contributed by atoms with Crippen molar-refractivity contribution in [3.05, 3.63) is 96.6 Å². The van der Waals surface area contributed by atoms with Crippen LogP contribution in [-0.4, -0.2) is 18.9 Å². The minimum absolute atomic E-state index is 0.815. The van der Waals surface area contributed by atoms with Gasteiger partial charge in [0.05, 0.1) is 6.54 Å². The second-order valence-electron chi connectivity index (χ2n) is 7.56. The van der Waals surface area contributed by atoms with Crippen LogP contribution in [0.25, 0.3) is 44.2 Å². The lowest BCUT2D eigenvalue weighted by atomic mass is 9.95. The third-order valence-electron chi connectivity index (χ3n) is 5.76. The predicted octanol–water partition coefficient (Wildman–Crippen LogP) is 6.27. The van der Waals surface area contributed by atoms with E-state index in [1.807, 2.05) is 18.2 Å². The van der Waals surface area contributed by atoms with Crippen molar-refractivity contribution in [1.82, 2.24) is 5.32 Å². The van der Waals surface area contributed by atoms with Crippen molar-refractivity contribution in [1.29, 1.82) is 0 Å². The Hall–Kier alpha value is -3.85. The second kappa shape index (κ2) is 6.89. The summed E-state index contributed by atoms with van der Waals surface area (Å²) in [7, 11) is 0. The number of benzene rings is 4. The Morgan fingerprint density at radius 1 is 0.667 bits per heavy atom. The maximum Gasteiger partial charge on any atom is 0.136 e. The summed E-state index contributed by atoms with van der Waals surface area (Å²) >= 11 is 0. The second-order valence-corrected chi connectivity index (χ2v) is 7.56. The molecule has 1 aliphatic heterocycles. The molecule has 30 heavy (non-hydrogen) atoms. The molecule has 1 N–H and O–H groups in total. The van der Waals surface area contributed by atoms with E-state index in [9.17, 15) is 0 Å². The molecule has 1 aliphatic rings. The van der Waals surface area contributed by atoms with Crippen LogP contribution >= 0.6 is 0 Å². The topological polar surface area (TPSA) is 37.5 Å². The highest BCUT2D eigenvalue weighted by Gasteiger charge is 2.18. The summed E-state index contributed by atoms with van der Waals surface area (Å²) in [4.78, 5) is 4.61. The van der Waals surface area contributed by atoms with Gasteiger partial charge in [-0.15, -0.1) is 0 Å². The lowest BCUT2D eigenvalue weighted by Crippen LogP contribution is -2.20.